The van der Waals surface area contributed by atoms with Gasteiger partial charge in [-0.1, -0.05) is 0 Å². The summed E-state index contributed by atoms with van der Waals surface area (Å²) >= 11 is 0. The number of hydrogen-bond acceptors (Lipinski definition) is 4. The molecule has 18 heavy (non-hydrogen) atoms. The minimum atomic E-state index is -0.532. The zero-order valence-corrected chi connectivity index (χ0v) is 9.70. The van der Waals surface area contributed by atoms with Crippen LogP contribution in [-0.4, -0.2) is 34.9 Å². The molecule has 0 radical (unpaired) electrons. The third kappa shape index (κ3) is 1.90. The number of likely N-dealkylation sites (N-methyl/N-ethyl adjacent to an activating group) is 1. The Bertz CT molecular complexity index is 512. The maximum absolute atomic E-state index is 11.9. The van der Waals surface area contributed by atoms with E-state index in [1.54, 1.807) is 6.92 Å². The van der Waals surface area contributed by atoms with E-state index in [0.29, 0.717) is 12.2 Å². The first-order valence-corrected chi connectivity index (χ1v) is 5.41. The molecule has 1 heterocycles. The van der Waals surface area contributed by atoms with E-state index in [9.17, 15) is 19.7 Å². The van der Waals surface area contributed by atoms with E-state index >= 15 is 0 Å². The monoisotopic (exact) mass is 249 g/mol. The summed E-state index contributed by atoms with van der Waals surface area (Å²) in [5.41, 5.74) is 0.275. The number of nitro benzene ring substituents is 1. The molecule has 0 aliphatic carbocycles. The zero-order valence-electron chi connectivity index (χ0n) is 9.70. The molecular formula is C11H11N3O4. The van der Waals surface area contributed by atoms with E-state index in [0.717, 1.165) is 4.90 Å². The van der Waals surface area contributed by atoms with Gasteiger partial charge in [-0.15, -0.1) is 0 Å². The van der Waals surface area contributed by atoms with Crippen LogP contribution in [0.15, 0.2) is 24.3 Å². The van der Waals surface area contributed by atoms with Crippen molar-refractivity contribution < 1.29 is 14.5 Å². The number of imide groups is 1. The highest BCUT2D eigenvalue weighted by Crippen LogP contribution is 2.23. The Morgan fingerprint density at radius 1 is 1.28 bits per heavy atom. The van der Waals surface area contributed by atoms with Crippen LogP contribution in [0.4, 0.5) is 16.2 Å². The smallest absolute Gasteiger partial charge is 0.315 e. The van der Waals surface area contributed by atoms with Gasteiger partial charge in [0.25, 0.3) is 11.6 Å². The van der Waals surface area contributed by atoms with E-state index in [2.05, 4.69) is 0 Å². The van der Waals surface area contributed by atoms with Crippen LogP contribution in [0.1, 0.15) is 6.92 Å². The molecule has 1 aromatic carbocycles. The van der Waals surface area contributed by atoms with Gasteiger partial charge in [-0.25, -0.2) is 9.69 Å². The summed E-state index contributed by atoms with van der Waals surface area (Å²) in [7, 11) is 0. The lowest BCUT2D eigenvalue weighted by atomic mass is 10.2. The van der Waals surface area contributed by atoms with Gasteiger partial charge >= 0.3 is 6.03 Å². The molecule has 0 atom stereocenters. The fourth-order valence-corrected chi connectivity index (χ4v) is 1.77. The highest BCUT2D eigenvalue weighted by atomic mass is 16.6. The van der Waals surface area contributed by atoms with Crippen LogP contribution in [-0.2, 0) is 4.79 Å². The number of carbonyl (C=O) groups excluding carboxylic acids is 2. The number of amides is 3. The maximum Gasteiger partial charge on any atom is 0.331 e. The van der Waals surface area contributed by atoms with E-state index in [1.165, 1.54) is 29.2 Å². The van der Waals surface area contributed by atoms with Gasteiger partial charge in [0.05, 0.1) is 10.6 Å². The predicted molar refractivity (Wildman–Crippen MR) is 63.2 cm³/mol. The van der Waals surface area contributed by atoms with Gasteiger partial charge in [-0.3, -0.25) is 14.9 Å². The molecule has 2 rings (SSSR count). The molecule has 0 saturated carbocycles. The van der Waals surface area contributed by atoms with Gasteiger partial charge in [0.15, 0.2) is 0 Å². The fraction of sp³-hybridized carbons (Fsp3) is 0.273. The van der Waals surface area contributed by atoms with Crippen LogP contribution >= 0.6 is 0 Å². The highest BCUT2D eigenvalue weighted by molar-refractivity contribution is 6.19. The molecule has 1 fully saturated rings. The quantitative estimate of drug-likeness (QED) is 0.460. The SMILES string of the molecule is CCN1CC(=O)N(c2ccc([N+](=O)[O-])cc2)C1=O. The summed E-state index contributed by atoms with van der Waals surface area (Å²) in [6.07, 6.45) is 0. The Hall–Kier alpha value is -2.44. The van der Waals surface area contributed by atoms with Gasteiger partial charge in [-0.2, -0.15) is 0 Å². The Morgan fingerprint density at radius 3 is 2.33 bits per heavy atom. The number of rotatable bonds is 3. The van der Waals surface area contributed by atoms with E-state index in [1.807, 2.05) is 0 Å². The van der Waals surface area contributed by atoms with Gasteiger partial charge in [-0.05, 0) is 19.1 Å². The number of carbonyl (C=O) groups is 2. The zero-order chi connectivity index (χ0) is 13.3. The first kappa shape index (κ1) is 12.0. The number of nitrogens with zero attached hydrogens (tertiary/aromatic N) is 3. The molecule has 0 bridgehead atoms. The Balaban J connectivity index is 2.29. The maximum atomic E-state index is 11.9. The van der Waals surface area contributed by atoms with Crippen molar-refractivity contribution in [1.29, 1.82) is 0 Å². The van der Waals surface area contributed by atoms with Crippen LogP contribution in [0, 0.1) is 10.1 Å². The van der Waals surface area contributed by atoms with Gasteiger partial charge in [0.2, 0.25) is 0 Å². The predicted octanol–water partition coefficient (Wildman–Crippen LogP) is 1.38. The minimum Gasteiger partial charge on any atom is -0.315 e. The number of urea groups is 1. The van der Waals surface area contributed by atoms with Crippen LogP contribution in [0.5, 0.6) is 0 Å². The Kier molecular flexibility index (Phi) is 2.97. The third-order valence-corrected chi connectivity index (χ3v) is 2.74. The van der Waals surface area contributed by atoms with Crippen LogP contribution in [0.25, 0.3) is 0 Å². The summed E-state index contributed by atoms with van der Waals surface area (Å²) in [4.78, 5) is 36.0. The molecule has 1 aromatic rings. The molecule has 94 valence electrons. The van der Waals surface area contributed by atoms with Gasteiger partial charge < -0.3 is 4.90 Å². The van der Waals surface area contributed by atoms with E-state index in [-0.39, 0.29) is 18.1 Å². The van der Waals surface area contributed by atoms with Gasteiger partial charge in [0.1, 0.15) is 6.54 Å². The minimum absolute atomic E-state index is 0.0479. The Labute approximate surface area is 103 Å². The first-order chi connectivity index (χ1) is 8.54. The number of non-ortho nitro benzene ring substituents is 1. The number of nitro groups is 1. The second-order valence-corrected chi connectivity index (χ2v) is 3.80. The molecule has 0 N–H and O–H groups in total. The highest BCUT2D eigenvalue weighted by Gasteiger charge is 2.36. The van der Waals surface area contributed by atoms with Crippen molar-refractivity contribution in [2.45, 2.75) is 6.92 Å². The second-order valence-electron chi connectivity index (χ2n) is 3.80. The number of hydrogen-bond donors (Lipinski definition) is 0. The van der Waals surface area contributed by atoms with Crippen molar-refractivity contribution in [3.63, 3.8) is 0 Å². The lowest BCUT2D eigenvalue weighted by Crippen LogP contribution is -2.32. The topological polar surface area (TPSA) is 83.8 Å². The van der Waals surface area contributed by atoms with Crippen molar-refractivity contribution in [3.05, 3.63) is 34.4 Å². The van der Waals surface area contributed by atoms with Crippen LogP contribution in [0.3, 0.4) is 0 Å². The summed E-state index contributed by atoms with van der Waals surface area (Å²) in [5.74, 6) is -0.323. The third-order valence-electron chi connectivity index (χ3n) is 2.74. The second kappa shape index (κ2) is 4.44. The van der Waals surface area contributed by atoms with E-state index < -0.39 is 11.0 Å². The summed E-state index contributed by atoms with van der Waals surface area (Å²) in [5, 5.41) is 10.5. The van der Waals surface area contributed by atoms with Crippen LogP contribution in [0.2, 0.25) is 0 Å². The molecule has 1 saturated heterocycles. The molecule has 3 amide bonds. The van der Waals surface area contributed by atoms with Crippen molar-refractivity contribution >= 4 is 23.3 Å². The normalized spacial score (nSPS) is 15.4. The van der Waals surface area contributed by atoms with Gasteiger partial charge in [0, 0.05) is 18.7 Å². The van der Waals surface area contributed by atoms with Crippen molar-refractivity contribution in [2.24, 2.45) is 0 Å². The fourth-order valence-electron chi connectivity index (χ4n) is 1.77. The molecule has 7 heteroatoms. The largest absolute Gasteiger partial charge is 0.331 e. The molecule has 7 nitrogen and oxygen atoms in total. The lowest BCUT2D eigenvalue weighted by molar-refractivity contribution is -0.384. The van der Waals surface area contributed by atoms with E-state index in [4.69, 9.17) is 0 Å². The summed E-state index contributed by atoms with van der Waals surface area (Å²) in [6, 6.07) is 4.94. The first-order valence-electron chi connectivity index (χ1n) is 5.41. The van der Waals surface area contributed by atoms with Crippen LogP contribution < -0.4 is 4.90 Å². The molecule has 0 aromatic heterocycles. The molecule has 0 unspecified atom stereocenters. The standard InChI is InChI=1S/C11H11N3O4/c1-2-12-7-10(15)13(11(12)16)8-3-5-9(6-4-8)14(17)18/h3-6H,2,7H2,1H3. The summed E-state index contributed by atoms with van der Waals surface area (Å²) in [6.45, 7) is 2.28. The molecule has 1 aliphatic rings. The molecule has 1 aliphatic heterocycles. The Morgan fingerprint density at radius 2 is 1.89 bits per heavy atom. The van der Waals surface area contributed by atoms with Crippen molar-refractivity contribution in [3.8, 4) is 0 Å². The lowest BCUT2D eigenvalue weighted by Gasteiger charge is -2.15. The molecule has 0 spiro atoms. The number of benzene rings is 1. The number of anilines is 1. The molecular weight excluding hydrogens is 238 g/mol. The summed E-state index contributed by atoms with van der Waals surface area (Å²) < 4.78 is 0. The average molecular weight is 249 g/mol. The van der Waals surface area contributed by atoms with Crippen molar-refractivity contribution in [1.82, 2.24) is 4.90 Å². The average Bonchev–Trinajstić information content (AvgIpc) is 2.64. The van der Waals surface area contributed by atoms with Crippen molar-refractivity contribution in [2.75, 3.05) is 18.0 Å².